The number of carbonyl (C=O) groups excluding carboxylic acids is 1. The fourth-order valence-corrected chi connectivity index (χ4v) is 4.22. The zero-order valence-electron chi connectivity index (χ0n) is 13.3. The van der Waals surface area contributed by atoms with E-state index in [2.05, 4.69) is 28.4 Å². The number of aryl methyl sites for hydroxylation is 1. The number of benzene rings is 1. The van der Waals surface area contributed by atoms with Crippen molar-refractivity contribution >= 4 is 29.2 Å². The molecule has 2 heterocycles. The maximum Gasteiger partial charge on any atom is 0.233 e. The summed E-state index contributed by atoms with van der Waals surface area (Å²) in [7, 11) is 0. The van der Waals surface area contributed by atoms with Crippen LogP contribution in [0.2, 0.25) is 0 Å². The summed E-state index contributed by atoms with van der Waals surface area (Å²) in [4.78, 5) is 18.9. The normalized spacial score (nSPS) is 15.4. The van der Waals surface area contributed by atoms with Crippen molar-refractivity contribution in [1.29, 1.82) is 0 Å². The summed E-state index contributed by atoms with van der Waals surface area (Å²) in [6.45, 7) is 3.87. The Morgan fingerprint density at radius 1 is 1.26 bits per heavy atom. The van der Waals surface area contributed by atoms with Crippen LogP contribution in [0.3, 0.4) is 0 Å². The fourth-order valence-electron chi connectivity index (χ4n) is 2.70. The first kappa shape index (κ1) is 16.5. The molecule has 0 bridgehead atoms. The highest BCUT2D eigenvalue weighted by atomic mass is 32.2. The van der Waals surface area contributed by atoms with Gasteiger partial charge in [0, 0.05) is 18.7 Å². The number of carbonyl (C=O) groups is 1. The van der Waals surface area contributed by atoms with Gasteiger partial charge in [-0.15, -0.1) is 0 Å². The SMILES string of the molecule is Cc1cccc(-c2nsc(SCC(=O)N3CCCCCC3)n2)c1. The van der Waals surface area contributed by atoms with Gasteiger partial charge < -0.3 is 4.90 Å². The molecule has 0 saturated carbocycles. The van der Waals surface area contributed by atoms with Crippen molar-refractivity contribution in [2.45, 2.75) is 36.9 Å². The van der Waals surface area contributed by atoms with Crippen molar-refractivity contribution in [2.75, 3.05) is 18.8 Å². The average molecular weight is 348 g/mol. The Hall–Kier alpha value is -1.40. The van der Waals surface area contributed by atoms with E-state index < -0.39 is 0 Å². The predicted molar refractivity (Wildman–Crippen MR) is 95.9 cm³/mol. The largest absolute Gasteiger partial charge is 0.342 e. The Bertz CT molecular complexity index is 663. The molecule has 23 heavy (non-hydrogen) atoms. The Balaban J connectivity index is 1.57. The molecule has 0 radical (unpaired) electrons. The first-order valence-electron chi connectivity index (χ1n) is 8.04. The van der Waals surface area contributed by atoms with Crippen LogP contribution in [0.15, 0.2) is 28.6 Å². The van der Waals surface area contributed by atoms with E-state index in [1.807, 2.05) is 17.0 Å². The first-order chi connectivity index (χ1) is 11.2. The van der Waals surface area contributed by atoms with Gasteiger partial charge in [0.15, 0.2) is 10.2 Å². The van der Waals surface area contributed by atoms with Gasteiger partial charge in [-0.25, -0.2) is 4.98 Å². The van der Waals surface area contributed by atoms with Crippen LogP contribution in [0, 0.1) is 6.92 Å². The summed E-state index contributed by atoms with van der Waals surface area (Å²) in [6, 6.07) is 8.18. The molecular formula is C17H21N3OS2. The number of thioether (sulfide) groups is 1. The van der Waals surface area contributed by atoms with E-state index in [1.165, 1.54) is 41.7 Å². The lowest BCUT2D eigenvalue weighted by Gasteiger charge is -2.19. The van der Waals surface area contributed by atoms with E-state index in [0.717, 1.165) is 41.7 Å². The molecule has 122 valence electrons. The minimum absolute atomic E-state index is 0.226. The van der Waals surface area contributed by atoms with E-state index >= 15 is 0 Å². The van der Waals surface area contributed by atoms with E-state index in [0.29, 0.717) is 5.75 Å². The van der Waals surface area contributed by atoms with Crippen LogP contribution in [-0.2, 0) is 4.79 Å². The van der Waals surface area contributed by atoms with Crippen LogP contribution in [-0.4, -0.2) is 39.0 Å². The zero-order valence-corrected chi connectivity index (χ0v) is 15.0. The monoisotopic (exact) mass is 347 g/mol. The third-order valence-corrected chi connectivity index (χ3v) is 5.78. The van der Waals surface area contributed by atoms with Crippen LogP contribution < -0.4 is 0 Å². The van der Waals surface area contributed by atoms with Gasteiger partial charge >= 0.3 is 0 Å². The first-order valence-corrected chi connectivity index (χ1v) is 9.79. The van der Waals surface area contributed by atoms with E-state index in [4.69, 9.17) is 0 Å². The van der Waals surface area contributed by atoms with Crippen LogP contribution in [0.5, 0.6) is 0 Å². The molecule has 1 fully saturated rings. The molecule has 1 aromatic heterocycles. The van der Waals surface area contributed by atoms with Crippen LogP contribution in [0.25, 0.3) is 11.4 Å². The van der Waals surface area contributed by atoms with Crippen LogP contribution in [0.1, 0.15) is 31.2 Å². The Kier molecular flexibility index (Phi) is 5.67. The number of nitrogens with zero attached hydrogens (tertiary/aromatic N) is 3. The van der Waals surface area contributed by atoms with Crippen molar-refractivity contribution in [3.63, 3.8) is 0 Å². The lowest BCUT2D eigenvalue weighted by molar-refractivity contribution is -0.128. The Morgan fingerprint density at radius 2 is 2.04 bits per heavy atom. The molecule has 0 N–H and O–H groups in total. The number of hydrogen-bond acceptors (Lipinski definition) is 5. The molecule has 1 saturated heterocycles. The second-order valence-corrected chi connectivity index (χ2v) is 7.81. The number of hydrogen-bond donors (Lipinski definition) is 0. The number of aromatic nitrogens is 2. The number of rotatable bonds is 4. The summed E-state index contributed by atoms with van der Waals surface area (Å²) in [5.74, 6) is 1.44. The predicted octanol–water partition coefficient (Wildman–Crippen LogP) is 4.01. The average Bonchev–Trinajstić information content (AvgIpc) is 2.86. The standard InChI is InChI=1S/C17H21N3OS2/c1-13-7-6-8-14(11-13)16-18-17(23-19-16)22-12-15(21)20-9-4-2-3-5-10-20/h6-8,11H,2-5,9-10,12H2,1H3. The summed E-state index contributed by atoms with van der Waals surface area (Å²) >= 11 is 2.88. The Labute approximate surface area is 145 Å². The molecular weight excluding hydrogens is 326 g/mol. The lowest BCUT2D eigenvalue weighted by atomic mass is 10.1. The number of amides is 1. The minimum Gasteiger partial charge on any atom is -0.342 e. The summed E-state index contributed by atoms with van der Waals surface area (Å²) in [6.07, 6.45) is 4.75. The highest BCUT2D eigenvalue weighted by molar-refractivity contribution is 8.01. The van der Waals surface area contributed by atoms with Crippen molar-refractivity contribution < 1.29 is 4.79 Å². The third-order valence-electron chi connectivity index (χ3n) is 3.96. The molecule has 4 nitrogen and oxygen atoms in total. The van der Waals surface area contributed by atoms with E-state index in [9.17, 15) is 4.79 Å². The quantitative estimate of drug-likeness (QED) is 0.784. The molecule has 1 aliphatic rings. The van der Waals surface area contributed by atoms with Gasteiger partial charge in [0.1, 0.15) is 0 Å². The second kappa shape index (κ2) is 7.93. The van der Waals surface area contributed by atoms with E-state index in [1.54, 1.807) is 0 Å². The minimum atomic E-state index is 0.226. The topological polar surface area (TPSA) is 46.1 Å². The maximum absolute atomic E-state index is 12.3. The van der Waals surface area contributed by atoms with Crippen LogP contribution >= 0.6 is 23.3 Å². The van der Waals surface area contributed by atoms with Crippen LogP contribution in [0.4, 0.5) is 0 Å². The highest BCUT2D eigenvalue weighted by Gasteiger charge is 2.16. The summed E-state index contributed by atoms with van der Waals surface area (Å²) < 4.78 is 5.28. The third kappa shape index (κ3) is 4.54. The van der Waals surface area contributed by atoms with Gasteiger partial charge in [-0.3, -0.25) is 4.79 Å². The molecule has 0 atom stereocenters. The molecule has 0 unspecified atom stereocenters. The van der Waals surface area contributed by atoms with Gasteiger partial charge in [0.2, 0.25) is 5.91 Å². The molecule has 2 aromatic rings. The molecule has 1 aliphatic heterocycles. The van der Waals surface area contributed by atoms with E-state index in [-0.39, 0.29) is 5.91 Å². The van der Waals surface area contributed by atoms with Crippen molar-refractivity contribution in [3.05, 3.63) is 29.8 Å². The van der Waals surface area contributed by atoms with Crippen molar-refractivity contribution in [2.24, 2.45) is 0 Å². The van der Waals surface area contributed by atoms with Crippen molar-refractivity contribution in [3.8, 4) is 11.4 Å². The summed E-state index contributed by atoms with van der Waals surface area (Å²) in [5, 5.41) is 0. The van der Waals surface area contributed by atoms with Gasteiger partial charge in [-0.1, -0.05) is 48.4 Å². The molecule has 0 spiro atoms. The smallest absolute Gasteiger partial charge is 0.233 e. The highest BCUT2D eigenvalue weighted by Crippen LogP contribution is 2.26. The fraction of sp³-hybridized carbons (Fsp3) is 0.471. The summed E-state index contributed by atoms with van der Waals surface area (Å²) in [5.41, 5.74) is 2.23. The molecule has 0 aliphatic carbocycles. The second-order valence-electron chi connectivity index (χ2n) is 5.84. The Morgan fingerprint density at radius 3 is 2.78 bits per heavy atom. The van der Waals surface area contributed by atoms with Gasteiger partial charge in [0.25, 0.3) is 0 Å². The molecule has 6 heteroatoms. The van der Waals surface area contributed by atoms with Crippen molar-refractivity contribution in [1.82, 2.24) is 14.3 Å². The van der Waals surface area contributed by atoms with Gasteiger partial charge in [-0.05, 0) is 37.4 Å². The molecule has 1 aromatic carbocycles. The molecule has 3 rings (SSSR count). The zero-order chi connectivity index (χ0) is 16.1. The lowest BCUT2D eigenvalue weighted by Crippen LogP contribution is -2.33. The molecule has 1 amide bonds. The maximum atomic E-state index is 12.3. The van der Waals surface area contributed by atoms with Gasteiger partial charge in [0.05, 0.1) is 5.75 Å². The number of likely N-dealkylation sites (tertiary alicyclic amines) is 1. The van der Waals surface area contributed by atoms with Gasteiger partial charge in [-0.2, -0.15) is 4.37 Å².